The number of aromatic nitrogens is 3. The Balaban J connectivity index is 2.23. The van der Waals surface area contributed by atoms with Gasteiger partial charge in [-0.15, -0.1) is 0 Å². The fourth-order valence-corrected chi connectivity index (χ4v) is 2.31. The Bertz CT molecular complexity index is 587. The van der Waals surface area contributed by atoms with E-state index < -0.39 is 0 Å². The van der Waals surface area contributed by atoms with Gasteiger partial charge in [-0.3, -0.25) is 9.67 Å². The molecule has 0 aliphatic heterocycles. The van der Waals surface area contributed by atoms with Crippen molar-refractivity contribution < 1.29 is 4.39 Å². The first-order chi connectivity index (χ1) is 9.40. The number of halogens is 1. The van der Waals surface area contributed by atoms with Crippen LogP contribution in [-0.4, -0.2) is 14.8 Å². The molecule has 2 rings (SSSR count). The minimum absolute atomic E-state index is 0.00203. The maximum atomic E-state index is 12.9. The lowest BCUT2D eigenvalue weighted by atomic mass is 10.2. The Labute approximate surface area is 119 Å². The van der Waals surface area contributed by atoms with E-state index in [1.54, 1.807) is 6.07 Å². The zero-order valence-electron chi connectivity index (χ0n) is 12.6. The van der Waals surface area contributed by atoms with E-state index in [0.717, 1.165) is 22.8 Å². The zero-order chi connectivity index (χ0) is 14.9. The van der Waals surface area contributed by atoms with E-state index in [0.29, 0.717) is 6.04 Å². The topological polar surface area (TPSA) is 42.7 Å². The molecule has 0 saturated carbocycles. The summed E-state index contributed by atoms with van der Waals surface area (Å²) in [5, 5.41) is 7.97. The van der Waals surface area contributed by atoms with Crippen LogP contribution < -0.4 is 5.32 Å². The molecule has 0 spiro atoms. The van der Waals surface area contributed by atoms with E-state index in [2.05, 4.69) is 29.2 Å². The fraction of sp³-hybridized carbons (Fsp3) is 0.467. The van der Waals surface area contributed by atoms with E-state index in [9.17, 15) is 4.39 Å². The summed E-state index contributed by atoms with van der Waals surface area (Å²) < 4.78 is 14.9. The average molecular weight is 276 g/mol. The second-order valence-electron chi connectivity index (χ2n) is 5.35. The first-order valence-corrected chi connectivity index (χ1v) is 6.83. The summed E-state index contributed by atoms with van der Waals surface area (Å²) >= 11 is 0. The number of nitrogens with one attached hydrogen (secondary N) is 1. The van der Waals surface area contributed by atoms with Crippen LogP contribution in [0.1, 0.15) is 49.9 Å². The van der Waals surface area contributed by atoms with Gasteiger partial charge in [0.15, 0.2) is 0 Å². The molecule has 2 aromatic rings. The Morgan fingerprint density at radius 2 is 1.90 bits per heavy atom. The highest BCUT2D eigenvalue weighted by Crippen LogP contribution is 2.26. The van der Waals surface area contributed by atoms with Crippen LogP contribution in [0.2, 0.25) is 0 Å². The van der Waals surface area contributed by atoms with Crippen molar-refractivity contribution in [2.75, 3.05) is 5.32 Å². The van der Waals surface area contributed by atoms with Crippen LogP contribution in [0.25, 0.3) is 0 Å². The van der Waals surface area contributed by atoms with Crippen molar-refractivity contribution in [3.8, 4) is 0 Å². The molecule has 0 amide bonds. The lowest BCUT2D eigenvalue weighted by Gasteiger charge is -2.15. The number of nitrogens with zero attached hydrogens (tertiary/aromatic N) is 3. The Morgan fingerprint density at radius 3 is 2.40 bits per heavy atom. The Hall–Kier alpha value is -1.91. The van der Waals surface area contributed by atoms with Crippen molar-refractivity contribution in [2.24, 2.45) is 0 Å². The molecule has 5 heteroatoms. The standard InChI is InChI=1S/C15H21FN4/c1-9(2)20-12(5)15(11(4)19-20)18-10(3)14-7-6-13(16)8-17-14/h6-10,18H,1-5H3. The van der Waals surface area contributed by atoms with Crippen molar-refractivity contribution in [2.45, 2.75) is 46.7 Å². The molecular weight excluding hydrogens is 255 g/mol. The summed E-state index contributed by atoms with van der Waals surface area (Å²) in [4.78, 5) is 4.11. The minimum Gasteiger partial charge on any atom is -0.374 e. The highest BCUT2D eigenvalue weighted by Gasteiger charge is 2.16. The lowest BCUT2D eigenvalue weighted by Crippen LogP contribution is -2.10. The van der Waals surface area contributed by atoms with Crippen molar-refractivity contribution in [3.63, 3.8) is 0 Å². The fourth-order valence-electron chi connectivity index (χ4n) is 2.31. The Morgan fingerprint density at radius 1 is 1.20 bits per heavy atom. The smallest absolute Gasteiger partial charge is 0.141 e. The van der Waals surface area contributed by atoms with Gasteiger partial charge in [0.05, 0.1) is 35.0 Å². The van der Waals surface area contributed by atoms with Gasteiger partial charge in [0.1, 0.15) is 5.82 Å². The normalized spacial score (nSPS) is 12.8. The van der Waals surface area contributed by atoms with Crippen LogP contribution >= 0.6 is 0 Å². The van der Waals surface area contributed by atoms with Gasteiger partial charge in [-0.2, -0.15) is 5.10 Å². The van der Waals surface area contributed by atoms with Gasteiger partial charge in [-0.1, -0.05) is 0 Å². The number of hydrogen-bond acceptors (Lipinski definition) is 3. The van der Waals surface area contributed by atoms with Crippen molar-refractivity contribution >= 4 is 5.69 Å². The van der Waals surface area contributed by atoms with Gasteiger partial charge in [-0.05, 0) is 46.8 Å². The van der Waals surface area contributed by atoms with Crippen molar-refractivity contribution in [1.82, 2.24) is 14.8 Å². The van der Waals surface area contributed by atoms with E-state index in [1.807, 2.05) is 25.5 Å². The largest absolute Gasteiger partial charge is 0.374 e. The van der Waals surface area contributed by atoms with Crippen LogP contribution in [-0.2, 0) is 0 Å². The third kappa shape index (κ3) is 2.81. The molecule has 0 aromatic carbocycles. The molecule has 0 bridgehead atoms. The molecule has 1 N–H and O–H groups in total. The van der Waals surface area contributed by atoms with Crippen LogP contribution in [0.5, 0.6) is 0 Å². The molecule has 0 radical (unpaired) electrons. The molecule has 0 aliphatic rings. The first kappa shape index (κ1) is 14.5. The van der Waals surface area contributed by atoms with Crippen LogP contribution in [0.3, 0.4) is 0 Å². The molecule has 1 unspecified atom stereocenters. The number of pyridine rings is 1. The molecule has 108 valence electrons. The molecule has 2 heterocycles. The molecule has 0 aliphatic carbocycles. The molecule has 4 nitrogen and oxygen atoms in total. The summed E-state index contributed by atoms with van der Waals surface area (Å²) in [5.41, 5.74) is 3.90. The second-order valence-corrected chi connectivity index (χ2v) is 5.35. The number of hydrogen-bond donors (Lipinski definition) is 1. The van der Waals surface area contributed by atoms with Crippen molar-refractivity contribution in [3.05, 3.63) is 41.2 Å². The van der Waals surface area contributed by atoms with E-state index >= 15 is 0 Å². The summed E-state index contributed by atoms with van der Waals surface area (Å²) in [7, 11) is 0. The monoisotopic (exact) mass is 276 g/mol. The highest BCUT2D eigenvalue weighted by atomic mass is 19.1. The molecule has 0 saturated heterocycles. The van der Waals surface area contributed by atoms with Crippen LogP contribution in [0, 0.1) is 19.7 Å². The number of aryl methyl sites for hydroxylation is 1. The summed E-state index contributed by atoms with van der Waals surface area (Å²) in [6.45, 7) is 10.3. The minimum atomic E-state index is -0.319. The third-order valence-electron chi connectivity index (χ3n) is 3.37. The predicted molar refractivity (Wildman–Crippen MR) is 78.3 cm³/mol. The molecule has 2 aromatic heterocycles. The quantitative estimate of drug-likeness (QED) is 0.924. The van der Waals surface area contributed by atoms with Gasteiger partial charge in [0.25, 0.3) is 0 Å². The van der Waals surface area contributed by atoms with Gasteiger partial charge < -0.3 is 5.32 Å². The van der Waals surface area contributed by atoms with Crippen LogP contribution in [0.4, 0.5) is 10.1 Å². The molecule has 20 heavy (non-hydrogen) atoms. The zero-order valence-corrected chi connectivity index (χ0v) is 12.6. The highest BCUT2D eigenvalue weighted by molar-refractivity contribution is 5.53. The Kier molecular flexibility index (Phi) is 4.06. The van der Waals surface area contributed by atoms with Gasteiger partial charge in [0, 0.05) is 6.04 Å². The number of rotatable bonds is 4. The second kappa shape index (κ2) is 5.61. The molecule has 1 atom stereocenters. The van der Waals surface area contributed by atoms with Crippen LogP contribution in [0.15, 0.2) is 18.3 Å². The maximum Gasteiger partial charge on any atom is 0.141 e. The summed E-state index contributed by atoms with van der Waals surface area (Å²) in [6, 6.07) is 3.45. The third-order valence-corrected chi connectivity index (χ3v) is 3.37. The van der Waals surface area contributed by atoms with E-state index in [-0.39, 0.29) is 11.9 Å². The average Bonchev–Trinajstić information content (AvgIpc) is 2.67. The maximum absolute atomic E-state index is 12.9. The lowest BCUT2D eigenvalue weighted by molar-refractivity contribution is 0.516. The molecular formula is C15H21FN4. The number of anilines is 1. The predicted octanol–water partition coefficient (Wildman–Crippen LogP) is 3.79. The summed E-state index contributed by atoms with van der Waals surface area (Å²) in [6.07, 6.45) is 1.24. The summed E-state index contributed by atoms with van der Waals surface area (Å²) in [5.74, 6) is -0.319. The van der Waals surface area contributed by atoms with Crippen molar-refractivity contribution in [1.29, 1.82) is 0 Å². The SMILES string of the molecule is Cc1nn(C(C)C)c(C)c1NC(C)c1ccc(F)cn1. The van der Waals surface area contributed by atoms with E-state index in [1.165, 1.54) is 12.3 Å². The van der Waals surface area contributed by atoms with Gasteiger partial charge in [0.2, 0.25) is 0 Å². The van der Waals surface area contributed by atoms with Gasteiger partial charge in [-0.25, -0.2) is 4.39 Å². The molecule has 0 fully saturated rings. The van der Waals surface area contributed by atoms with Gasteiger partial charge >= 0.3 is 0 Å². The first-order valence-electron chi connectivity index (χ1n) is 6.83. The van der Waals surface area contributed by atoms with E-state index in [4.69, 9.17) is 0 Å².